The van der Waals surface area contributed by atoms with Crippen molar-refractivity contribution < 1.29 is 0 Å². The molecule has 1 N–H and O–H groups in total. The van der Waals surface area contributed by atoms with E-state index >= 15 is 0 Å². The molecule has 1 heterocycles. The molecule has 0 aliphatic carbocycles. The Morgan fingerprint density at radius 3 is 3.06 bits per heavy atom. The summed E-state index contributed by atoms with van der Waals surface area (Å²) in [5, 5.41) is 4.45. The Balaban J connectivity index is 2.12. The fourth-order valence-electron chi connectivity index (χ4n) is 1.54. The molecule has 0 aromatic heterocycles. The van der Waals surface area contributed by atoms with Gasteiger partial charge in [0.2, 0.25) is 0 Å². The summed E-state index contributed by atoms with van der Waals surface area (Å²) in [5.41, 5.74) is 2.38. The number of halogens is 1. The molecule has 4 heteroatoms. The highest BCUT2D eigenvalue weighted by molar-refractivity contribution is 9.10. The van der Waals surface area contributed by atoms with E-state index in [-0.39, 0.29) is 0 Å². The number of amidine groups is 1. The fourth-order valence-corrected chi connectivity index (χ4v) is 2.96. The number of rotatable bonds is 2. The minimum absolute atomic E-state index is 0.486. The van der Waals surface area contributed by atoms with Crippen molar-refractivity contribution in [3.63, 3.8) is 0 Å². The van der Waals surface area contributed by atoms with Crippen LogP contribution in [0.25, 0.3) is 0 Å². The quantitative estimate of drug-likeness (QED) is 0.891. The third-order valence-electron chi connectivity index (χ3n) is 2.62. The number of hydrogen-bond acceptors (Lipinski definition) is 3. The van der Waals surface area contributed by atoms with Crippen LogP contribution in [0, 0.1) is 6.92 Å². The largest absolute Gasteiger partial charge is 0.335 e. The molecule has 2 rings (SSSR count). The third kappa shape index (κ3) is 2.80. The van der Waals surface area contributed by atoms with Crippen LogP contribution < -0.4 is 5.32 Å². The Labute approximate surface area is 109 Å². The van der Waals surface area contributed by atoms with Crippen LogP contribution in [0.2, 0.25) is 0 Å². The van der Waals surface area contributed by atoms with Gasteiger partial charge in [0.25, 0.3) is 0 Å². The first-order chi connectivity index (χ1) is 7.69. The lowest BCUT2D eigenvalue weighted by atomic mass is 10.2. The van der Waals surface area contributed by atoms with E-state index in [1.165, 1.54) is 5.56 Å². The van der Waals surface area contributed by atoms with E-state index in [1.54, 1.807) is 0 Å². The van der Waals surface area contributed by atoms with Gasteiger partial charge in [-0.3, -0.25) is 4.99 Å². The first-order valence-electron chi connectivity index (χ1n) is 5.43. The summed E-state index contributed by atoms with van der Waals surface area (Å²) < 4.78 is 1.09. The molecule has 0 spiro atoms. The van der Waals surface area contributed by atoms with Gasteiger partial charge in [-0.1, -0.05) is 40.7 Å². The van der Waals surface area contributed by atoms with Gasteiger partial charge in [-0.25, -0.2) is 0 Å². The summed E-state index contributed by atoms with van der Waals surface area (Å²) >= 11 is 5.29. The molecule has 86 valence electrons. The number of nitrogens with zero attached hydrogens (tertiary/aromatic N) is 1. The van der Waals surface area contributed by atoms with Crippen molar-refractivity contribution in [3.8, 4) is 0 Å². The van der Waals surface area contributed by atoms with Crippen molar-refractivity contribution in [3.05, 3.63) is 28.2 Å². The molecule has 1 aromatic rings. The van der Waals surface area contributed by atoms with Crippen LogP contribution in [0.5, 0.6) is 0 Å². The fraction of sp³-hybridized carbons (Fsp3) is 0.417. The van der Waals surface area contributed by atoms with E-state index in [0.29, 0.717) is 6.04 Å². The molecule has 2 nitrogen and oxygen atoms in total. The number of thioether (sulfide) groups is 1. The zero-order chi connectivity index (χ0) is 11.5. The van der Waals surface area contributed by atoms with Crippen LogP contribution >= 0.6 is 27.7 Å². The number of benzene rings is 1. The molecule has 0 saturated carbocycles. The van der Waals surface area contributed by atoms with E-state index in [4.69, 9.17) is 0 Å². The van der Waals surface area contributed by atoms with Gasteiger partial charge >= 0.3 is 0 Å². The maximum absolute atomic E-state index is 4.63. The molecule has 1 aliphatic heterocycles. The Bertz CT molecular complexity index is 417. The number of anilines is 1. The number of aliphatic imine (C=N–C) groups is 1. The van der Waals surface area contributed by atoms with Crippen LogP contribution in [0.15, 0.2) is 27.7 Å². The summed E-state index contributed by atoms with van der Waals surface area (Å²) in [6.45, 7) is 4.29. The first-order valence-corrected chi connectivity index (χ1v) is 7.20. The highest BCUT2D eigenvalue weighted by atomic mass is 79.9. The summed E-state index contributed by atoms with van der Waals surface area (Å²) in [5.74, 6) is 1.10. The molecule has 0 saturated heterocycles. The number of aryl methyl sites for hydroxylation is 1. The minimum atomic E-state index is 0.486. The average molecular weight is 299 g/mol. The van der Waals surface area contributed by atoms with Crippen LogP contribution in [0.1, 0.15) is 18.9 Å². The SMILES string of the molecule is CCC1CSC(Nc2cc(Br)ccc2C)=N1. The van der Waals surface area contributed by atoms with Crippen molar-refractivity contribution in [2.24, 2.45) is 4.99 Å². The third-order valence-corrected chi connectivity index (χ3v) is 4.15. The van der Waals surface area contributed by atoms with Gasteiger partial charge in [-0.05, 0) is 31.0 Å². The lowest BCUT2D eigenvalue weighted by Gasteiger charge is -2.08. The van der Waals surface area contributed by atoms with E-state index in [1.807, 2.05) is 11.8 Å². The Hall–Kier alpha value is -0.480. The zero-order valence-electron chi connectivity index (χ0n) is 9.46. The topological polar surface area (TPSA) is 24.4 Å². The summed E-state index contributed by atoms with van der Waals surface area (Å²) in [6.07, 6.45) is 1.12. The Morgan fingerprint density at radius 1 is 1.56 bits per heavy atom. The van der Waals surface area contributed by atoms with Gasteiger partial charge in [-0.2, -0.15) is 0 Å². The first kappa shape index (κ1) is 12.0. The van der Waals surface area contributed by atoms with Gasteiger partial charge in [0.1, 0.15) is 0 Å². The standard InChI is InChI=1S/C12H15BrN2S/c1-3-10-7-16-12(14-10)15-11-6-9(13)5-4-8(11)2/h4-6,10H,3,7H2,1-2H3,(H,14,15). The molecular weight excluding hydrogens is 284 g/mol. The summed E-state index contributed by atoms with van der Waals surface area (Å²) in [7, 11) is 0. The lowest BCUT2D eigenvalue weighted by molar-refractivity contribution is 0.738. The van der Waals surface area contributed by atoms with Gasteiger partial charge < -0.3 is 5.32 Å². The second-order valence-corrected chi connectivity index (χ2v) is 5.82. The molecule has 1 aliphatic rings. The van der Waals surface area contributed by atoms with E-state index < -0.39 is 0 Å². The monoisotopic (exact) mass is 298 g/mol. The second-order valence-electron chi connectivity index (χ2n) is 3.89. The van der Waals surface area contributed by atoms with Crippen molar-refractivity contribution in [2.45, 2.75) is 26.3 Å². The maximum atomic E-state index is 4.63. The summed E-state index contributed by atoms with van der Waals surface area (Å²) in [6, 6.07) is 6.74. The van der Waals surface area contributed by atoms with Gasteiger partial charge in [0.05, 0.1) is 6.04 Å². The lowest BCUT2D eigenvalue weighted by Crippen LogP contribution is -2.06. The predicted molar refractivity (Wildman–Crippen MR) is 76.5 cm³/mol. The molecular formula is C12H15BrN2S. The molecule has 0 bridgehead atoms. The van der Waals surface area contributed by atoms with Crippen LogP contribution in [0.4, 0.5) is 5.69 Å². The highest BCUT2D eigenvalue weighted by Crippen LogP contribution is 2.25. The molecule has 1 aromatic carbocycles. The zero-order valence-corrected chi connectivity index (χ0v) is 11.9. The predicted octanol–water partition coefficient (Wildman–Crippen LogP) is 4.05. The van der Waals surface area contributed by atoms with Gasteiger partial charge in [0.15, 0.2) is 5.17 Å². The van der Waals surface area contributed by atoms with Crippen molar-refractivity contribution in [1.29, 1.82) is 0 Å². The Morgan fingerprint density at radius 2 is 2.38 bits per heavy atom. The smallest absolute Gasteiger partial charge is 0.161 e. The van der Waals surface area contributed by atoms with Crippen molar-refractivity contribution >= 4 is 38.5 Å². The van der Waals surface area contributed by atoms with Crippen molar-refractivity contribution in [1.82, 2.24) is 0 Å². The molecule has 16 heavy (non-hydrogen) atoms. The molecule has 0 fully saturated rings. The van der Waals surface area contributed by atoms with Crippen LogP contribution in [0.3, 0.4) is 0 Å². The van der Waals surface area contributed by atoms with Gasteiger partial charge in [-0.15, -0.1) is 0 Å². The van der Waals surface area contributed by atoms with E-state index in [2.05, 4.69) is 58.3 Å². The Kier molecular flexibility index (Phi) is 3.92. The molecule has 1 unspecified atom stereocenters. The second kappa shape index (κ2) is 5.23. The average Bonchev–Trinajstić information content (AvgIpc) is 2.71. The van der Waals surface area contributed by atoms with Crippen molar-refractivity contribution in [2.75, 3.05) is 11.1 Å². The number of hydrogen-bond donors (Lipinski definition) is 1. The minimum Gasteiger partial charge on any atom is -0.335 e. The highest BCUT2D eigenvalue weighted by Gasteiger charge is 2.16. The number of nitrogens with one attached hydrogen (secondary N) is 1. The molecule has 1 atom stereocenters. The van der Waals surface area contributed by atoms with E-state index in [9.17, 15) is 0 Å². The molecule has 0 amide bonds. The van der Waals surface area contributed by atoms with Gasteiger partial charge in [0, 0.05) is 15.9 Å². The maximum Gasteiger partial charge on any atom is 0.161 e. The normalized spacial score (nSPS) is 19.7. The van der Waals surface area contributed by atoms with Crippen LogP contribution in [-0.4, -0.2) is 17.0 Å². The summed E-state index contributed by atoms with van der Waals surface area (Å²) in [4.78, 5) is 4.63. The molecule has 0 radical (unpaired) electrons. The van der Waals surface area contributed by atoms with Crippen LogP contribution in [-0.2, 0) is 0 Å². The van der Waals surface area contributed by atoms with E-state index in [0.717, 1.165) is 27.5 Å².